The van der Waals surface area contributed by atoms with Crippen LogP contribution in [0, 0.1) is 0 Å². The van der Waals surface area contributed by atoms with Crippen LogP contribution in [0.4, 0.5) is 0 Å². The van der Waals surface area contributed by atoms with Crippen molar-refractivity contribution in [1.29, 1.82) is 0 Å². The van der Waals surface area contributed by atoms with Crippen molar-refractivity contribution in [3.05, 3.63) is 59.7 Å². The molecule has 0 saturated carbocycles. The highest BCUT2D eigenvalue weighted by Gasteiger charge is 2.19. The maximum Gasteiger partial charge on any atom is 0.195 e. The summed E-state index contributed by atoms with van der Waals surface area (Å²) in [5, 5.41) is 10.3. The predicted octanol–water partition coefficient (Wildman–Crippen LogP) is 2.57. The fourth-order valence-corrected chi connectivity index (χ4v) is 2.02. The first-order valence-electron chi connectivity index (χ1n) is 7.31. The number of hydrogen-bond donors (Lipinski definition) is 1. The van der Waals surface area contributed by atoms with Crippen molar-refractivity contribution in [1.82, 2.24) is 0 Å². The maximum atomic E-state index is 12.4. The third kappa shape index (κ3) is 4.79. The number of carbonyl (C=O) groups is 1. The van der Waals surface area contributed by atoms with Crippen LogP contribution in [0.5, 0.6) is 11.5 Å². The summed E-state index contributed by atoms with van der Waals surface area (Å²) in [7, 11) is 3.06. The summed E-state index contributed by atoms with van der Waals surface area (Å²) in [5.74, 6) is 0.793. The number of benzene rings is 2. The minimum Gasteiger partial charge on any atom is -0.468 e. The van der Waals surface area contributed by atoms with E-state index in [4.69, 9.17) is 18.9 Å². The van der Waals surface area contributed by atoms with Crippen LogP contribution in [-0.2, 0) is 9.47 Å². The van der Waals surface area contributed by atoms with Gasteiger partial charge in [0.2, 0.25) is 0 Å². The number of aliphatic hydroxyl groups excluding tert-OH is 1. The largest absolute Gasteiger partial charge is 0.468 e. The van der Waals surface area contributed by atoms with Crippen molar-refractivity contribution in [2.45, 2.75) is 6.10 Å². The van der Waals surface area contributed by atoms with Crippen LogP contribution in [0.3, 0.4) is 0 Å². The lowest BCUT2D eigenvalue weighted by Gasteiger charge is -2.12. The molecule has 0 aromatic heterocycles. The van der Waals surface area contributed by atoms with E-state index in [1.807, 2.05) is 0 Å². The van der Waals surface area contributed by atoms with Gasteiger partial charge >= 0.3 is 0 Å². The lowest BCUT2D eigenvalue weighted by Crippen LogP contribution is -2.12. The first kappa shape index (κ1) is 17.9. The zero-order valence-electron chi connectivity index (χ0n) is 13.6. The Hall–Kier alpha value is -2.41. The van der Waals surface area contributed by atoms with Gasteiger partial charge in [-0.25, -0.2) is 0 Å². The molecule has 2 rings (SSSR count). The molecule has 24 heavy (non-hydrogen) atoms. The third-order valence-corrected chi connectivity index (χ3v) is 3.27. The second kappa shape index (κ2) is 9.02. The number of aliphatic hydroxyl groups is 1. The molecular formula is C18H20O6. The van der Waals surface area contributed by atoms with Gasteiger partial charge in [0.05, 0.1) is 0 Å². The minimum atomic E-state index is -1.24. The molecule has 0 aliphatic rings. The van der Waals surface area contributed by atoms with Crippen LogP contribution in [0.25, 0.3) is 0 Å². The minimum absolute atomic E-state index is 0.132. The van der Waals surface area contributed by atoms with Crippen LogP contribution in [-0.4, -0.2) is 38.7 Å². The van der Waals surface area contributed by atoms with E-state index in [0.717, 1.165) is 0 Å². The van der Waals surface area contributed by atoms with E-state index >= 15 is 0 Å². The summed E-state index contributed by atoms with van der Waals surface area (Å²) in [5.41, 5.74) is 0.886. The molecule has 2 aromatic carbocycles. The highest BCUT2D eigenvalue weighted by Crippen LogP contribution is 2.22. The van der Waals surface area contributed by atoms with Crippen LogP contribution in [0.2, 0.25) is 0 Å². The van der Waals surface area contributed by atoms with E-state index in [2.05, 4.69) is 0 Å². The van der Waals surface area contributed by atoms with Crippen LogP contribution in [0.1, 0.15) is 22.0 Å². The second-order valence-electron chi connectivity index (χ2n) is 4.96. The van der Waals surface area contributed by atoms with Gasteiger partial charge in [-0.2, -0.15) is 0 Å². The molecule has 0 heterocycles. The molecule has 128 valence electrons. The van der Waals surface area contributed by atoms with Gasteiger partial charge in [-0.15, -0.1) is 0 Å². The normalized spacial score (nSPS) is 11.8. The summed E-state index contributed by atoms with van der Waals surface area (Å²) in [6, 6.07) is 13.1. The van der Waals surface area contributed by atoms with Crippen molar-refractivity contribution < 1.29 is 28.8 Å². The number of methoxy groups -OCH3 is 2. The Kier molecular flexibility index (Phi) is 6.74. The molecule has 6 nitrogen and oxygen atoms in total. The van der Waals surface area contributed by atoms with Crippen molar-refractivity contribution >= 4 is 5.78 Å². The topological polar surface area (TPSA) is 74.2 Å². The lowest BCUT2D eigenvalue weighted by molar-refractivity contribution is 0.0508. The van der Waals surface area contributed by atoms with Crippen LogP contribution in [0.15, 0.2) is 48.5 Å². The van der Waals surface area contributed by atoms with Gasteiger partial charge in [0.1, 0.15) is 17.6 Å². The quantitative estimate of drug-likeness (QED) is 0.562. The van der Waals surface area contributed by atoms with Crippen molar-refractivity contribution in [2.24, 2.45) is 0 Å². The molecule has 1 atom stereocenters. The van der Waals surface area contributed by atoms with E-state index in [9.17, 15) is 9.90 Å². The Morgan fingerprint density at radius 3 is 1.79 bits per heavy atom. The molecule has 0 aliphatic heterocycles. The summed E-state index contributed by atoms with van der Waals surface area (Å²) in [6.07, 6.45) is -1.24. The summed E-state index contributed by atoms with van der Waals surface area (Å²) in [4.78, 5) is 12.4. The average molecular weight is 332 g/mol. The van der Waals surface area contributed by atoms with Gasteiger partial charge in [-0.1, -0.05) is 12.1 Å². The number of carbonyl (C=O) groups excluding carboxylic acids is 1. The molecular weight excluding hydrogens is 312 g/mol. The number of hydrogen-bond acceptors (Lipinski definition) is 6. The highest BCUT2D eigenvalue weighted by molar-refractivity contribution is 5.99. The van der Waals surface area contributed by atoms with E-state index < -0.39 is 6.10 Å². The first-order chi connectivity index (χ1) is 11.7. The zero-order chi connectivity index (χ0) is 17.4. The van der Waals surface area contributed by atoms with Crippen LogP contribution < -0.4 is 9.47 Å². The number of ether oxygens (including phenoxy) is 4. The number of Topliss-reactive ketones (excluding diaryl/α,β-unsaturated/α-hetero) is 1. The van der Waals surface area contributed by atoms with Gasteiger partial charge in [0, 0.05) is 19.8 Å². The molecule has 0 saturated heterocycles. The molecule has 1 N–H and O–H groups in total. The van der Waals surface area contributed by atoms with Gasteiger partial charge in [0.15, 0.2) is 19.4 Å². The van der Waals surface area contributed by atoms with E-state index in [-0.39, 0.29) is 19.4 Å². The number of ketones is 1. The summed E-state index contributed by atoms with van der Waals surface area (Å²) >= 11 is 0. The van der Waals surface area contributed by atoms with E-state index in [1.54, 1.807) is 48.5 Å². The Balaban J connectivity index is 2.02. The Bertz CT molecular complexity index is 636. The molecule has 1 unspecified atom stereocenters. The molecule has 0 spiro atoms. The molecule has 0 amide bonds. The van der Waals surface area contributed by atoms with Crippen LogP contribution >= 0.6 is 0 Å². The average Bonchev–Trinajstić information content (AvgIpc) is 2.64. The Morgan fingerprint density at radius 2 is 1.33 bits per heavy atom. The molecule has 6 heteroatoms. The third-order valence-electron chi connectivity index (χ3n) is 3.27. The van der Waals surface area contributed by atoms with E-state index in [1.165, 1.54) is 14.2 Å². The first-order valence-corrected chi connectivity index (χ1v) is 7.31. The standard InChI is InChI=1S/C18H20O6/c1-21-11-23-15-7-3-13(4-8-15)17(19)18(20)14-5-9-16(10-6-14)24-12-22-2/h3-10,17,19H,11-12H2,1-2H3. The monoisotopic (exact) mass is 332 g/mol. The Labute approximate surface area is 140 Å². The SMILES string of the molecule is COCOc1ccc(C(=O)C(O)c2ccc(OCOC)cc2)cc1. The van der Waals surface area contributed by atoms with E-state index in [0.29, 0.717) is 22.6 Å². The lowest BCUT2D eigenvalue weighted by atomic mass is 10.00. The number of rotatable bonds is 9. The fraction of sp³-hybridized carbons (Fsp3) is 0.278. The van der Waals surface area contributed by atoms with Gasteiger partial charge in [-0.05, 0) is 42.0 Å². The molecule has 0 bridgehead atoms. The zero-order valence-corrected chi connectivity index (χ0v) is 13.6. The summed E-state index contributed by atoms with van der Waals surface area (Å²) in [6.45, 7) is 0.270. The molecule has 0 aliphatic carbocycles. The van der Waals surface area contributed by atoms with Crippen molar-refractivity contribution in [2.75, 3.05) is 27.8 Å². The van der Waals surface area contributed by atoms with Gasteiger partial charge in [-0.3, -0.25) is 4.79 Å². The smallest absolute Gasteiger partial charge is 0.195 e. The second-order valence-corrected chi connectivity index (χ2v) is 4.96. The molecule has 2 aromatic rings. The molecule has 0 radical (unpaired) electrons. The summed E-state index contributed by atoms with van der Waals surface area (Å²) < 4.78 is 20.1. The predicted molar refractivity (Wildman–Crippen MR) is 87.2 cm³/mol. The van der Waals surface area contributed by atoms with Crippen molar-refractivity contribution in [3.63, 3.8) is 0 Å². The van der Waals surface area contributed by atoms with Gasteiger partial charge in [0.25, 0.3) is 0 Å². The molecule has 0 fully saturated rings. The van der Waals surface area contributed by atoms with Gasteiger partial charge < -0.3 is 24.1 Å². The Morgan fingerprint density at radius 1 is 0.875 bits per heavy atom. The fourth-order valence-electron chi connectivity index (χ4n) is 2.02. The highest BCUT2D eigenvalue weighted by atomic mass is 16.7. The van der Waals surface area contributed by atoms with Crippen molar-refractivity contribution in [3.8, 4) is 11.5 Å². The maximum absolute atomic E-state index is 12.4.